The molecule has 0 aliphatic heterocycles. The quantitative estimate of drug-likeness (QED) is 0.442. The van der Waals surface area contributed by atoms with Crippen molar-refractivity contribution in [1.82, 2.24) is 0 Å². The van der Waals surface area contributed by atoms with Crippen molar-refractivity contribution in [1.29, 1.82) is 0 Å². The fraction of sp³-hybridized carbons (Fsp3) is 0. The van der Waals surface area contributed by atoms with E-state index in [0.717, 1.165) is 0 Å². The van der Waals surface area contributed by atoms with Crippen LogP contribution in [0.4, 0.5) is 0 Å². The van der Waals surface area contributed by atoms with Crippen molar-refractivity contribution in [3.63, 3.8) is 0 Å². The fourth-order valence-corrected chi connectivity index (χ4v) is 0. The molecule has 1 N–H and O–H groups in total. The molecule has 4 heavy (non-hydrogen) atoms. The first-order valence-corrected chi connectivity index (χ1v) is 0.507. The normalized spacial score (nSPS) is 1.50. The third-order valence-electron chi connectivity index (χ3n) is 0. The second-order valence-electron chi connectivity index (χ2n) is 0. The Morgan fingerprint density at radius 1 is 1.25 bits per heavy atom. The molecule has 4 heteroatoms. The molecule has 0 atom stereocenters. The zero-order valence-corrected chi connectivity index (χ0v) is 5.26. The molecule has 0 aliphatic rings. The molecule has 0 saturated heterocycles. The van der Waals surface area contributed by atoms with E-state index in [1.54, 1.807) is 0 Å². The molecule has 20 valence electrons. The molecule has 1 nitrogen and oxygen atoms in total. The predicted octanol–water partition coefficient (Wildman–Crippen LogP) is -0.786. The molecule has 0 aromatic carbocycles. The molecule has 0 aromatic heterocycles. The van der Waals surface area contributed by atoms with Gasteiger partial charge in [-0.15, -0.1) is 0 Å². The second-order valence-corrected chi connectivity index (χ2v) is 0. The standard InChI is InChI=1S/ClHO.Mg.Zn.2H/c1-2;;;;/h2H;;;;. The predicted molar refractivity (Wildman–Crippen MR) is 16.6 cm³/mol. The van der Waals surface area contributed by atoms with Crippen LogP contribution in [0.25, 0.3) is 0 Å². The van der Waals surface area contributed by atoms with E-state index in [4.69, 9.17) is 4.66 Å². The molecular weight excluding hydrogens is 141 g/mol. The molecule has 0 bridgehead atoms. The summed E-state index contributed by atoms with van der Waals surface area (Å²) in [4.78, 5) is 0. The number of hydrogen-bond donors (Lipinski definition) is 1. The van der Waals surface area contributed by atoms with Gasteiger partial charge in [0.15, 0.2) is 0 Å². The van der Waals surface area contributed by atoms with E-state index >= 15 is 0 Å². The van der Waals surface area contributed by atoms with E-state index in [1.807, 2.05) is 0 Å². The van der Waals surface area contributed by atoms with Gasteiger partial charge < -0.3 is 0 Å². The molecule has 0 aromatic rings. The van der Waals surface area contributed by atoms with Gasteiger partial charge in [0.2, 0.25) is 0 Å². The second kappa shape index (κ2) is 22.9. The zero-order valence-electron chi connectivity index (χ0n) is 1.53. The molecule has 0 radical (unpaired) electrons. The van der Waals surface area contributed by atoms with E-state index in [-0.39, 0.29) is 42.5 Å². The molecule has 0 amide bonds. The molecule has 0 rings (SSSR count). The van der Waals surface area contributed by atoms with Crippen molar-refractivity contribution >= 4 is 34.9 Å². The van der Waals surface area contributed by atoms with Crippen molar-refractivity contribution in [2.24, 2.45) is 0 Å². The van der Waals surface area contributed by atoms with Crippen LogP contribution in [0.3, 0.4) is 0 Å². The van der Waals surface area contributed by atoms with E-state index in [1.165, 1.54) is 0 Å². The minimum atomic E-state index is 0. The van der Waals surface area contributed by atoms with Gasteiger partial charge in [-0.05, 0) is 0 Å². The van der Waals surface area contributed by atoms with Crippen LogP contribution < -0.4 is 0 Å². The molecule has 0 spiro atoms. The molecular formula is H3ClMgOZn. The Hall–Kier alpha value is 1.64. The molecule has 0 saturated carbocycles. The SMILES string of the molecule is OCl.[MgH2].[Zn]. The molecule has 0 heterocycles. The zero-order chi connectivity index (χ0) is 2.00. The fourth-order valence-electron chi connectivity index (χ4n) is 0. The summed E-state index contributed by atoms with van der Waals surface area (Å²) in [5.41, 5.74) is 0. The van der Waals surface area contributed by atoms with Crippen LogP contribution >= 0.6 is 11.9 Å². The van der Waals surface area contributed by atoms with Gasteiger partial charge in [-0.2, -0.15) is 0 Å². The van der Waals surface area contributed by atoms with Crippen LogP contribution in [-0.2, 0) is 19.5 Å². The Balaban J connectivity index is -0.00000000500. The van der Waals surface area contributed by atoms with Crippen LogP contribution in [0, 0.1) is 0 Å². The first-order valence-electron chi connectivity index (χ1n) is 0.169. The third kappa shape index (κ3) is 9.43. The summed E-state index contributed by atoms with van der Waals surface area (Å²) in [5.74, 6) is 0. The molecule has 0 unspecified atom stereocenters. The smallest absolute Gasteiger partial charge is 0.295 e. The maximum atomic E-state index is 6.47. The van der Waals surface area contributed by atoms with Crippen LogP contribution in [-0.4, -0.2) is 27.7 Å². The van der Waals surface area contributed by atoms with Crippen LogP contribution in [0.2, 0.25) is 0 Å². The van der Waals surface area contributed by atoms with Gasteiger partial charge in [0, 0.05) is 19.5 Å². The maximum absolute atomic E-state index is 6.47. The van der Waals surface area contributed by atoms with Gasteiger partial charge in [-0.1, -0.05) is 0 Å². The molecule has 0 fully saturated rings. The monoisotopic (exact) mass is 142 g/mol. The van der Waals surface area contributed by atoms with E-state index in [0.29, 0.717) is 0 Å². The minimum Gasteiger partial charge on any atom is -0.295 e. The number of hydrogen-bond acceptors (Lipinski definition) is 1. The van der Waals surface area contributed by atoms with E-state index < -0.39 is 0 Å². The van der Waals surface area contributed by atoms with Crippen molar-refractivity contribution in [2.45, 2.75) is 0 Å². The summed E-state index contributed by atoms with van der Waals surface area (Å²) >= 11 is 3.64. The summed E-state index contributed by atoms with van der Waals surface area (Å²) in [6.07, 6.45) is 0. The summed E-state index contributed by atoms with van der Waals surface area (Å²) in [5, 5.41) is 0. The van der Waals surface area contributed by atoms with Crippen molar-refractivity contribution in [3.05, 3.63) is 0 Å². The first-order chi connectivity index (χ1) is 1.00. The van der Waals surface area contributed by atoms with Gasteiger partial charge in [0.1, 0.15) is 0 Å². The largest absolute Gasteiger partial charge is 0.316 e. The topological polar surface area (TPSA) is 20.2 Å². The van der Waals surface area contributed by atoms with E-state index in [2.05, 4.69) is 11.9 Å². The summed E-state index contributed by atoms with van der Waals surface area (Å²) < 4.78 is 6.47. The van der Waals surface area contributed by atoms with Crippen LogP contribution in [0.15, 0.2) is 0 Å². The van der Waals surface area contributed by atoms with Gasteiger partial charge in [-0.3, -0.25) is 4.66 Å². The Morgan fingerprint density at radius 2 is 1.25 bits per heavy atom. The number of halogens is 1. The average molecular weight is 144 g/mol. The first kappa shape index (κ1) is 17.4. The minimum absolute atomic E-state index is 0. The Morgan fingerprint density at radius 3 is 1.25 bits per heavy atom. The Kier molecular flexibility index (Phi) is 99.6. The van der Waals surface area contributed by atoms with Gasteiger partial charge in [0.25, 0.3) is 0 Å². The van der Waals surface area contributed by atoms with Gasteiger partial charge in [-0.25, -0.2) is 0 Å². The summed E-state index contributed by atoms with van der Waals surface area (Å²) in [6, 6.07) is 0. The summed E-state index contributed by atoms with van der Waals surface area (Å²) in [7, 11) is 0. The third-order valence-corrected chi connectivity index (χ3v) is 0. The number of rotatable bonds is 0. The average Bonchev–Trinajstić information content (AvgIpc) is 1.00. The van der Waals surface area contributed by atoms with Crippen molar-refractivity contribution in [3.8, 4) is 0 Å². The van der Waals surface area contributed by atoms with E-state index in [9.17, 15) is 0 Å². The van der Waals surface area contributed by atoms with Crippen LogP contribution in [0.5, 0.6) is 0 Å². The summed E-state index contributed by atoms with van der Waals surface area (Å²) in [6.45, 7) is 0. The van der Waals surface area contributed by atoms with Crippen molar-refractivity contribution in [2.75, 3.05) is 0 Å². The van der Waals surface area contributed by atoms with Gasteiger partial charge >= 0.3 is 23.1 Å². The maximum Gasteiger partial charge on any atom is 0.316 e. The van der Waals surface area contributed by atoms with Crippen molar-refractivity contribution < 1.29 is 24.1 Å². The van der Waals surface area contributed by atoms with Crippen LogP contribution in [0.1, 0.15) is 0 Å². The molecule has 0 aliphatic carbocycles. The van der Waals surface area contributed by atoms with Gasteiger partial charge in [0.05, 0.1) is 11.9 Å². The Bertz CT molecular complexity index is 8.00. The Labute approximate surface area is 58.8 Å².